The predicted octanol–water partition coefficient (Wildman–Crippen LogP) is -0.792. The summed E-state index contributed by atoms with van der Waals surface area (Å²) in [4.78, 5) is 17.0. The van der Waals surface area contributed by atoms with Crippen molar-refractivity contribution in [3.63, 3.8) is 0 Å². The van der Waals surface area contributed by atoms with E-state index < -0.39 is 12.3 Å². The van der Waals surface area contributed by atoms with Crippen LogP contribution in [0.2, 0.25) is 0 Å². The van der Waals surface area contributed by atoms with E-state index in [0.29, 0.717) is 0 Å². The van der Waals surface area contributed by atoms with Crippen molar-refractivity contribution in [3.8, 4) is 0 Å². The van der Waals surface area contributed by atoms with Gasteiger partial charge in [0.15, 0.2) is 0 Å². The van der Waals surface area contributed by atoms with E-state index >= 15 is 0 Å². The van der Waals surface area contributed by atoms with E-state index in [0.717, 1.165) is 0 Å². The summed E-state index contributed by atoms with van der Waals surface area (Å²) in [6.45, 7) is 0. The first kappa shape index (κ1) is 22.5. The van der Waals surface area contributed by atoms with Crippen LogP contribution in [0.4, 0.5) is 11.0 Å². The van der Waals surface area contributed by atoms with Crippen LogP contribution >= 0.6 is 9.90 Å². The molecular weight excluding hydrogens is 210 g/mol. The third kappa shape index (κ3) is 26500. The summed E-state index contributed by atoms with van der Waals surface area (Å²) >= 11 is -0.125. The van der Waals surface area contributed by atoms with Gasteiger partial charge in [0, 0.05) is 0 Å². The Labute approximate surface area is 89.7 Å². The van der Waals surface area contributed by atoms with Gasteiger partial charge in [-0.1, -0.05) is 0 Å². The maximum absolute atomic E-state index is 9.62. The molecule has 0 bridgehead atoms. The van der Waals surface area contributed by atoms with E-state index in [4.69, 9.17) is 30.0 Å². The molecule has 0 aliphatic carbocycles. The Morgan fingerprint density at radius 3 is 1.18 bits per heavy atom. The van der Waals surface area contributed by atoms with Crippen LogP contribution in [0.3, 0.4) is 0 Å². The van der Waals surface area contributed by atoms with Gasteiger partial charge in [0.05, 0.1) is 0 Å². The van der Waals surface area contributed by atoms with Crippen LogP contribution in [0.15, 0.2) is 0 Å². The molecule has 0 rings (SSSR count). The third-order valence-electron chi connectivity index (χ3n) is 0. The molecule has 0 aromatic rings. The Balaban J connectivity index is -0.0000000339. The molecule has 0 amide bonds. The summed E-state index contributed by atoms with van der Waals surface area (Å²) in [7, 11) is 0. The summed E-state index contributed by atoms with van der Waals surface area (Å²) in [6, 6.07) is 0. The number of carbonyl (C=O) groups is 2. The quantitative estimate of drug-likeness (QED) is 0.360. The summed E-state index contributed by atoms with van der Waals surface area (Å²) in [6.07, 6.45) is -3.92. The van der Waals surface area contributed by atoms with Gasteiger partial charge in [-0.25, -0.2) is 4.79 Å². The van der Waals surface area contributed by atoms with Crippen LogP contribution in [-0.4, -0.2) is 64.2 Å². The van der Waals surface area contributed by atoms with Crippen LogP contribution in [0.25, 0.3) is 0 Å². The van der Waals surface area contributed by atoms with Crippen LogP contribution in [0, 0.1) is 0 Å². The van der Waals surface area contributed by atoms with Gasteiger partial charge in [-0.3, -0.25) is 0 Å². The van der Waals surface area contributed by atoms with Gasteiger partial charge in [-0.2, -0.15) is 9.90 Å². The van der Waals surface area contributed by atoms with Crippen molar-refractivity contribution < 1.29 is 31.4 Å². The van der Waals surface area contributed by atoms with E-state index in [1.165, 1.54) is 0 Å². The zero-order valence-corrected chi connectivity index (χ0v) is 8.98. The van der Waals surface area contributed by atoms with Gasteiger partial charge in [-0.15, -0.1) is 0 Å². The zero-order valence-electron chi connectivity index (χ0n) is 5.36. The number of carboxylic acid groups (broad SMARTS) is 4. The van der Waals surface area contributed by atoms with Crippen molar-refractivity contribution in [1.29, 1.82) is 0 Å². The van der Waals surface area contributed by atoms with Crippen LogP contribution in [0.1, 0.15) is 0 Å². The van der Waals surface area contributed by atoms with Gasteiger partial charge in [-0.05, 0) is 0 Å². The van der Waals surface area contributed by atoms with Crippen molar-refractivity contribution in [1.82, 2.24) is 0 Å². The molecular formula is C2H6CaFO6P. The molecule has 0 heterocycles. The molecule has 0 aromatic heterocycles. The SMILES string of the molecule is O=C(O)O.O=C([O-])O.P.[F][Ca+]. The Bertz CT molecular complexity index is 78.6. The Hall–Kier alpha value is 0.160. The van der Waals surface area contributed by atoms with E-state index in [2.05, 4.69) is 0 Å². The molecule has 64 valence electrons. The Morgan fingerprint density at radius 1 is 1.18 bits per heavy atom. The first-order valence-electron chi connectivity index (χ1n) is 1.55. The van der Waals surface area contributed by atoms with E-state index in [9.17, 15) is 1.36 Å². The Morgan fingerprint density at radius 2 is 1.18 bits per heavy atom. The molecule has 0 spiro atoms. The van der Waals surface area contributed by atoms with Gasteiger partial charge in [0.1, 0.15) is 0 Å². The molecule has 0 aromatic carbocycles. The summed E-state index contributed by atoms with van der Waals surface area (Å²) in [5.74, 6) is 0. The molecule has 6 nitrogen and oxygen atoms in total. The number of hydrogen-bond donors (Lipinski definition) is 3. The number of hydrogen-bond acceptors (Lipinski definition) is 3. The normalized spacial score (nSPS) is 5.00. The second kappa shape index (κ2) is 22.5. The molecule has 0 fully saturated rings. The van der Waals surface area contributed by atoms with Crippen molar-refractivity contribution >= 4 is 58.8 Å². The van der Waals surface area contributed by atoms with Crippen molar-refractivity contribution in [3.05, 3.63) is 0 Å². The molecule has 3 N–H and O–H groups in total. The molecule has 0 radical (unpaired) electrons. The summed E-state index contributed by atoms with van der Waals surface area (Å²) in [5.41, 5.74) is 0. The minimum atomic E-state index is -2.08. The molecule has 0 aliphatic heterocycles. The molecule has 0 saturated heterocycles. The molecule has 11 heavy (non-hydrogen) atoms. The monoisotopic (exact) mass is 216 g/mol. The van der Waals surface area contributed by atoms with Crippen LogP contribution in [-0.2, 0) is 0 Å². The van der Waals surface area contributed by atoms with Crippen molar-refractivity contribution in [2.24, 2.45) is 0 Å². The minimum absolute atomic E-state index is 0. The Kier molecular flexibility index (Phi) is 45.9. The van der Waals surface area contributed by atoms with Crippen molar-refractivity contribution in [2.45, 2.75) is 0 Å². The number of rotatable bonds is 0. The fraction of sp³-hybridized carbons (Fsp3) is 0. The first-order valence-corrected chi connectivity index (χ1v) is 2.39. The topological polar surface area (TPSA) is 118 Å². The van der Waals surface area contributed by atoms with Gasteiger partial charge in [0.2, 0.25) is 6.16 Å². The predicted molar refractivity (Wildman–Crippen MR) is 36.6 cm³/mol. The number of halogens is 1. The van der Waals surface area contributed by atoms with Gasteiger partial charge in [0.25, 0.3) is 0 Å². The molecule has 9 heteroatoms. The zero-order chi connectivity index (χ0) is 9.15. The molecule has 1 atom stereocenters. The third-order valence-corrected chi connectivity index (χ3v) is 0. The van der Waals surface area contributed by atoms with Crippen molar-refractivity contribution in [2.75, 3.05) is 0 Å². The van der Waals surface area contributed by atoms with E-state index in [1.54, 1.807) is 0 Å². The van der Waals surface area contributed by atoms with Crippen LogP contribution < -0.4 is 5.11 Å². The second-order valence-electron chi connectivity index (χ2n) is 0.548. The van der Waals surface area contributed by atoms with Crippen LogP contribution in [0.5, 0.6) is 0 Å². The summed E-state index contributed by atoms with van der Waals surface area (Å²) in [5, 5.41) is 29.2. The molecule has 0 saturated carbocycles. The first-order chi connectivity index (χ1) is 4.46. The molecule has 0 aliphatic rings. The van der Waals surface area contributed by atoms with E-state index in [1.807, 2.05) is 0 Å². The maximum atomic E-state index is 9.62. The fourth-order valence-electron chi connectivity index (χ4n) is 0. The average molecular weight is 216 g/mol. The van der Waals surface area contributed by atoms with Gasteiger partial charge < -0.3 is 25.2 Å². The second-order valence-corrected chi connectivity index (χ2v) is 0.548. The molecule has 1 unspecified atom stereocenters. The average Bonchev–Trinajstić information content (AvgIpc) is 1.66. The van der Waals surface area contributed by atoms with E-state index in [-0.39, 0.29) is 46.5 Å². The van der Waals surface area contributed by atoms with Gasteiger partial charge >= 0.3 is 44.1 Å². The fourth-order valence-corrected chi connectivity index (χ4v) is 0. The summed E-state index contributed by atoms with van der Waals surface area (Å²) < 4.78 is 9.62. The standard InChI is InChI=1S/2CH2O3.Ca.FH.H3P/c2*2-1(3)4;;;/h2*(H2,2,3,4);;1H;1H3/q;;+2;;/p-2.